The first-order valence-electron chi connectivity index (χ1n) is 7.51. The van der Waals surface area contributed by atoms with Gasteiger partial charge in [0.2, 0.25) is 5.91 Å². The highest BCUT2D eigenvalue weighted by Crippen LogP contribution is 1.94. The number of nitrogens with zero attached hydrogens (tertiary/aromatic N) is 2. The van der Waals surface area contributed by atoms with Gasteiger partial charge in [0.1, 0.15) is 6.61 Å². The molecule has 0 fully saturated rings. The standard InChI is InChI=1S/C15H25N3O7/c1-11(2)15(24)25-7-4-16-12(19)8-18(10-14(22)23)6-5-17(3)9-13(20)21/h3,13,20-21H,1,4-10H2,2H3,(H,16,19)(H,22,23). The van der Waals surface area contributed by atoms with Gasteiger partial charge in [-0.2, -0.15) is 0 Å². The topological polar surface area (TPSA) is 140 Å². The lowest BCUT2D eigenvalue weighted by atomic mass is 10.4. The fourth-order valence-electron chi connectivity index (χ4n) is 1.69. The second kappa shape index (κ2) is 12.4. The third-order valence-electron chi connectivity index (χ3n) is 2.83. The van der Waals surface area contributed by atoms with E-state index in [1.165, 1.54) is 11.8 Å². The van der Waals surface area contributed by atoms with Gasteiger partial charge in [0.05, 0.1) is 19.6 Å². The highest BCUT2D eigenvalue weighted by atomic mass is 16.5. The summed E-state index contributed by atoms with van der Waals surface area (Å²) in [6.07, 6.45) is -1.61. The predicted octanol–water partition coefficient (Wildman–Crippen LogP) is -2.11. The van der Waals surface area contributed by atoms with Crippen LogP contribution in [0.1, 0.15) is 6.92 Å². The van der Waals surface area contributed by atoms with Gasteiger partial charge in [-0.15, -0.1) is 0 Å². The molecule has 0 bridgehead atoms. The number of ether oxygens (including phenoxy) is 1. The van der Waals surface area contributed by atoms with Gasteiger partial charge in [-0.05, 0) is 6.92 Å². The Morgan fingerprint density at radius 2 is 1.88 bits per heavy atom. The Morgan fingerprint density at radius 3 is 2.40 bits per heavy atom. The first kappa shape index (κ1) is 23.0. The van der Waals surface area contributed by atoms with Crippen LogP contribution in [0.2, 0.25) is 0 Å². The van der Waals surface area contributed by atoms with Crippen molar-refractivity contribution in [3.63, 3.8) is 0 Å². The number of carbonyl (C=O) groups excluding carboxylic acids is 2. The molecule has 0 saturated carbocycles. The summed E-state index contributed by atoms with van der Waals surface area (Å²) in [5.41, 5.74) is 0.248. The molecular formula is C15H25N3O7. The van der Waals surface area contributed by atoms with E-state index < -0.39 is 24.1 Å². The largest absolute Gasteiger partial charge is 0.480 e. The maximum atomic E-state index is 11.8. The monoisotopic (exact) mass is 359 g/mol. The summed E-state index contributed by atoms with van der Waals surface area (Å²) < 4.78 is 4.81. The van der Waals surface area contributed by atoms with Crippen LogP contribution in [0.25, 0.3) is 0 Å². The minimum Gasteiger partial charge on any atom is -0.480 e. The van der Waals surface area contributed by atoms with E-state index in [4.69, 9.17) is 27.1 Å². The Bertz CT molecular complexity index is 468. The van der Waals surface area contributed by atoms with Crippen LogP contribution in [0, 0.1) is 7.05 Å². The van der Waals surface area contributed by atoms with E-state index in [2.05, 4.69) is 11.9 Å². The van der Waals surface area contributed by atoms with Crippen LogP contribution >= 0.6 is 0 Å². The summed E-state index contributed by atoms with van der Waals surface area (Å²) in [6.45, 7) is 4.45. The van der Waals surface area contributed by atoms with Crippen LogP contribution in [0.15, 0.2) is 12.2 Å². The molecule has 0 aromatic rings. The number of carboxylic acids is 1. The molecule has 0 aliphatic carbocycles. The molecule has 0 unspecified atom stereocenters. The number of aliphatic carboxylic acids is 1. The molecule has 0 aromatic heterocycles. The second-order valence-electron chi connectivity index (χ2n) is 5.35. The van der Waals surface area contributed by atoms with Crippen molar-refractivity contribution in [2.24, 2.45) is 0 Å². The molecule has 0 spiro atoms. The number of hydrogen-bond donors (Lipinski definition) is 4. The van der Waals surface area contributed by atoms with Crippen molar-refractivity contribution in [3.05, 3.63) is 19.2 Å². The summed E-state index contributed by atoms with van der Waals surface area (Å²) in [5.74, 6) is -2.12. The summed E-state index contributed by atoms with van der Waals surface area (Å²) in [7, 11) is 5.52. The predicted molar refractivity (Wildman–Crippen MR) is 87.0 cm³/mol. The SMILES string of the molecule is [CH]N(CCN(CC(=O)O)CC(=O)NCCOC(=O)C(=C)C)CC(O)O. The first-order valence-corrected chi connectivity index (χ1v) is 7.51. The maximum absolute atomic E-state index is 11.8. The molecule has 1 amide bonds. The van der Waals surface area contributed by atoms with E-state index in [-0.39, 0.29) is 51.4 Å². The number of esters is 1. The number of hydrogen-bond acceptors (Lipinski definition) is 8. The average molecular weight is 359 g/mol. The van der Waals surface area contributed by atoms with Crippen molar-refractivity contribution in [2.45, 2.75) is 13.2 Å². The van der Waals surface area contributed by atoms with Gasteiger partial charge in [-0.1, -0.05) is 6.58 Å². The van der Waals surface area contributed by atoms with Crippen molar-refractivity contribution in [1.29, 1.82) is 0 Å². The fourth-order valence-corrected chi connectivity index (χ4v) is 1.69. The van der Waals surface area contributed by atoms with Gasteiger partial charge in [0.25, 0.3) is 0 Å². The molecule has 0 aliphatic heterocycles. The zero-order valence-electron chi connectivity index (χ0n) is 14.2. The number of aliphatic hydroxyl groups is 2. The van der Waals surface area contributed by atoms with Crippen molar-refractivity contribution in [2.75, 3.05) is 45.9 Å². The minimum absolute atomic E-state index is 0.0265. The lowest BCUT2D eigenvalue weighted by molar-refractivity contribution is -0.140. The number of amides is 1. The Morgan fingerprint density at radius 1 is 1.24 bits per heavy atom. The summed E-state index contributed by atoms with van der Waals surface area (Å²) in [6, 6.07) is 0. The molecule has 0 aliphatic rings. The van der Waals surface area contributed by atoms with Gasteiger partial charge in [0.15, 0.2) is 6.29 Å². The van der Waals surface area contributed by atoms with Gasteiger partial charge in [0, 0.05) is 32.3 Å². The summed E-state index contributed by atoms with van der Waals surface area (Å²) in [5, 5.41) is 29.0. The van der Waals surface area contributed by atoms with Crippen LogP contribution in [0.3, 0.4) is 0 Å². The fraction of sp³-hybridized carbons (Fsp3) is 0.600. The van der Waals surface area contributed by atoms with Crippen LogP contribution in [-0.4, -0.2) is 95.1 Å². The third kappa shape index (κ3) is 13.0. The van der Waals surface area contributed by atoms with E-state index in [0.29, 0.717) is 0 Å². The van der Waals surface area contributed by atoms with Gasteiger partial charge in [-0.3, -0.25) is 19.4 Å². The van der Waals surface area contributed by atoms with Crippen LogP contribution < -0.4 is 5.32 Å². The van der Waals surface area contributed by atoms with E-state index in [0.717, 1.165) is 4.90 Å². The second-order valence-corrected chi connectivity index (χ2v) is 5.35. The molecule has 142 valence electrons. The quantitative estimate of drug-likeness (QED) is 0.0956. The molecular weight excluding hydrogens is 334 g/mol. The lowest BCUT2D eigenvalue weighted by Crippen LogP contribution is -2.44. The van der Waals surface area contributed by atoms with Crippen LogP contribution in [-0.2, 0) is 19.1 Å². The normalized spacial score (nSPS) is 11.0. The van der Waals surface area contributed by atoms with Crippen molar-refractivity contribution < 1.29 is 34.4 Å². The Balaban J connectivity index is 4.22. The molecule has 0 atom stereocenters. The summed E-state index contributed by atoms with van der Waals surface area (Å²) >= 11 is 0. The Labute approximate surface area is 146 Å². The van der Waals surface area contributed by atoms with Gasteiger partial charge in [-0.25, -0.2) is 4.79 Å². The van der Waals surface area contributed by atoms with Crippen molar-refractivity contribution in [1.82, 2.24) is 15.1 Å². The Kier molecular flexibility index (Phi) is 11.4. The number of nitrogens with one attached hydrogen (secondary N) is 1. The van der Waals surface area contributed by atoms with E-state index >= 15 is 0 Å². The number of rotatable bonds is 13. The molecule has 0 saturated heterocycles. The first-order chi connectivity index (χ1) is 11.6. The molecule has 4 N–H and O–H groups in total. The van der Waals surface area contributed by atoms with Gasteiger partial charge < -0.3 is 25.4 Å². The summed E-state index contributed by atoms with van der Waals surface area (Å²) in [4.78, 5) is 36.2. The number of carbonyl (C=O) groups is 3. The number of aliphatic hydroxyl groups excluding tert-OH is 1. The van der Waals surface area contributed by atoms with E-state index in [1.54, 1.807) is 0 Å². The van der Waals surface area contributed by atoms with Gasteiger partial charge >= 0.3 is 11.9 Å². The highest BCUT2D eigenvalue weighted by molar-refractivity contribution is 5.87. The van der Waals surface area contributed by atoms with Crippen LogP contribution in [0.4, 0.5) is 0 Å². The highest BCUT2D eigenvalue weighted by Gasteiger charge is 2.15. The average Bonchev–Trinajstić information content (AvgIpc) is 2.47. The molecule has 25 heavy (non-hydrogen) atoms. The molecule has 10 heteroatoms. The molecule has 0 heterocycles. The van der Waals surface area contributed by atoms with E-state index in [9.17, 15) is 14.4 Å². The molecule has 0 rings (SSSR count). The molecule has 2 radical (unpaired) electrons. The Hall–Kier alpha value is -2.01. The third-order valence-corrected chi connectivity index (χ3v) is 2.83. The smallest absolute Gasteiger partial charge is 0.333 e. The lowest BCUT2D eigenvalue weighted by Gasteiger charge is -2.23. The molecule has 10 nitrogen and oxygen atoms in total. The molecule has 0 aromatic carbocycles. The zero-order chi connectivity index (χ0) is 19.4. The van der Waals surface area contributed by atoms with Crippen molar-refractivity contribution in [3.8, 4) is 0 Å². The van der Waals surface area contributed by atoms with Crippen LogP contribution in [0.5, 0.6) is 0 Å². The van der Waals surface area contributed by atoms with Crippen molar-refractivity contribution >= 4 is 17.8 Å². The zero-order valence-corrected chi connectivity index (χ0v) is 14.2. The number of carboxylic acid groups (broad SMARTS) is 1. The minimum atomic E-state index is -1.61. The van der Waals surface area contributed by atoms with E-state index in [1.807, 2.05) is 0 Å². The maximum Gasteiger partial charge on any atom is 0.333 e.